The number of hydrogen-bond acceptors (Lipinski definition) is 4. The lowest BCUT2D eigenvalue weighted by Crippen LogP contribution is -2.49. The predicted molar refractivity (Wildman–Crippen MR) is 63.6 cm³/mol. The molecule has 0 heterocycles. The van der Waals surface area contributed by atoms with Crippen molar-refractivity contribution in [3.63, 3.8) is 0 Å². The molecule has 0 spiro atoms. The van der Waals surface area contributed by atoms with E-state index in [0.717, 1.165) is 0 Å². The number of carbonyl (C=O) groups is 1. The number of nitrogens with two attached hydrogens (primary N) is 1. The maximum atomic E-state index is 13.7. The Labute approximate surface area is 107 Å². The molecule has 1 rings (SSSR count). The van der Waals surface area contributed by atoms with Crippen LogP contribution in [0.1, 0.15) is 24.2 Å². The Balaban J connectivity index is 3.23. The molecule has 1 amide bonds. The third kappa shape index (κ3) is 3.22. The van der Waals surface area contributed by atoms with E-state index in [1.165, 1.54) is 0 Å². The van der Waals surface area contributed by atoms with Crippen molar-refractivity contribution in [1.29, 1.82) is 0 Å². The minimum Gasteiger partial charge on any atom is -0.346 e. The molecule has 0 saturated carbocycles. The fourth-order valence-electron chi connectivity index (χ4n) is 1.31. The molecule has 8 heteroatoms. The Morgan fingerprint density at radius 2 is 2.05 bits per heavy atom. The van der Waals surface area contributed by atoms with Gasteiger partial charge in [0.25, 0.3) is 5.91 Å². The second kappa shape index (κ2) is 5.27. The van der Waals surface area contributed by atoms with Gasteiger partial charge in [0.15, 0.2) is 0 Å². The zero-order chi connectivity index (χ0) is 14.8. The van der Waals surface area contributed by atoms with Gasteiger partial charge in [-0.2, -0.15) is 4.39 Å². The molecule has 1 aromatic rings. The number of rotatable bonds is 4. The summed E-state index contributed by atoms with van der Waals surface area (Å²) >= 11 is 0. The Morgan fingerprint density at radius 1 is 1.47 bits per heavy atom. The van der Waals surface area contributed by atoms with Gasteiger partial charge in [0.2, 0.25) is 5.82 Å². The van der Waals surface area contributed by atoms with Gasteiger partial charge in [-0.05, 0) is 19.9 Å². The van der Waals surface area contributed by atoms with Crippen LogP contribution in [0.2, 0.25) is 0 Å². The highest BCUT2D eigenvalue weighted by molar-refractivity contribution is 5.95. The first kappa shape index (κ1) is 15.0. The molecular formula is C11H13F2N3O3. The fraction of sp³-hybridized carbons (Fsp3) is 0.364. The lowest BCUT2D eigenvalue weighted by Gasteiger charge is -2.24. The van der Waals surface area contributed by atoms with Crippen molar-refractivity contribution < 1.29 is 18.5 Å². The molecule has 6 nitrogen and oxygen atoms in total. The summed E-state index contributed by atoms with van der Waals surface area (Å²) in [5.41, 5.74) is 2.54. The lowest BCUT2D eigenvalue weighted by atomic mass is 10.0. The zero-order valence-electron chi connectivity index (χ0n) is 10.4. The van der Waals surface area contributed by atoms with Crippen molar-refractivity contribution >= 4 is 11.6 Å². The van der Waals surface area contributed by atoms with Gasteiger partial charge < -0.3 is 11.1 Å². The van der Waals surface area contributed by atoms with E-state index in [0.29, 0.717) is 12.1 Å². The lowest BCUT2D eigenvalue weighted by molar-refractivity contribution is -0.387. The second-order valence-corrected chi connectivity index (χ2v) is 4.55. The highest BCUT2D eigenvalue weighted by atomic mass is 19.1. The number of amides is 1. The van der Waals surface area contributed by atoms with Crippen LogP contribution in [0.3, 0.4) is 0 Å². The van der Waals surface area contributed by atoms with Crippen LogP contribution in [0.5, 0.6) is 0 Å². The Kier molecular flexibility index (Phi) is 4.15. The SMILES string of the molecule is CC(C)(CN)NC(=O)c1c(F)ccc([N+](=O)[O-])c1F. The van der Waals surface area contributed by atoms with Gasteiger partial charge in [0.05, 0.1) is 4.92 Å². The van der Waals surface area contributed by atoms with Crippen molar-refractivity contribution in [2.75, 3.05) is 6.54 Å². The molecule has 0 aliphatic carbocycles. The number of nitrogens with one attached hydrogen (secondary N) is 1. The van der Waals surface area contributed by atoms with Crippen LogP contribution in [-0.2, 0) is 0 Å². The standard InChI is InChI=1S/C11H13F2N3O3/c1-11(2,5-14)15-10(17)8-6(12)3-4-7(9(8)13)16(18)19/h3-4H,5,14H2,1-2H3,(H,15,17). The summed E-state index contributed by atoms with van der Waals surface area (Å²) in [6.07, 6.45) is 0. The molecular weight excluding hydrogens is 260 g/mol. The average molecular weight is 273 g/mol. The monoisotopic (exact) mass is 273 g/mol. The van der Waals surface area contributed by atoms with Crippen molar-refractivity contribution in [3.05, 3.63) is 39.4 Å². The Morgan fingerprint density at radius 3 is 2.53 bits per heavy atom. The van der Waals surface area contributed by atoms with E-state index in [1.54, 1.807) is 13.8 Å². The Hall–Kier alpha value is -2.09. The molecule has 0 aliphatic heterocycles. The van der Waals surface area contributed by atoms with E-state index < -0.39 is 39.3 Å². The van der Waals surface area contributed by atoms with Crippen molar-refractivity contribution in [2.45, 2.75) is 19.4 Å². The maximum Gasteiger partial charge on any atom is 0.305 e. The van der Waals surface area contributed by atoms with E-state index in [1.807, 2.05) is 0 Å². The smallest absolute Gasteiger partial charge is 0.305 e. The van der Waals surface area contributed by atoms with E-state index in [-0.39, 0.29) is 6.54 Å². The summed E-state index contributed by atoms with van der Waals surface area (Å²) in [6, 6.07) is 1.33. The van der Waals surface area contributed by atoms with Gasteiger partial charge >= 0.3 is 5.69 Å². The molecule has 0 unspecified atom stereocenters. The molecule has 0 saturated heterocycles. The van der Waals surface area contributed by atoms with Gasteiger partial charge in [-0.15, -0.1) is 0 Å². The number of nitrogens with zero attached hydrogens (tertiary/aromatic N) is 1. The van der Waals surface area contributed by atoms with E-state index in [2.05, 4.69) is 5.32 Å². The molecule has 0 atom stereocenters. The molecule has 0 aliphatic rings. The van der Waals surface area contributed by atoms with Gasteiger partial charge in [0, 0.05) is 18.2 Å². The van der Waals surface area contributed by atoms with E-state index in [9.17, 15) is 23.7 Å². The quantitative estimate of drug-likeness (QED) is 0.638. The van der Waals surface area contributed by atoms with Crippen LogP contribution in [0.15, 0.2) is 12.1 Å². The number of nitro groups is 1. The van der Waals surface area contributed by atoms with Gasteiger partial charge in [-0.25, -0.2) is 4.39 Å². The van der Waals surface area contributed by atoms with Crippen molar-refractivity contribution in [3.8, 4) is 0 Å². The van der Waals surface area contributed by atoms with Crippen LogP contribution in [0.25, 0.3) is 0 Å². The molecule has 0 bridgehead atoms. The fourth-order valence-corrected chi connectivity index (χ4v) is 1.31. The highest BCUT2D eigenvalue weighted by Crippen LogP contribution is 2.23. The van der Waals surface area contributed by atoms with Gasteiger partial charge in [-0.3, -0.25) is 14.9 Å². The maximum absolute atomic E-state index is 13.7. The number of halogens is 2. The summed E-state index contributed by atoms with van der Waals surface area (Å²) in [5, 5.41) is 12.8. The summed E-state index contributed by atoms with van der Waals surface area (Å²) in [4.78, 5) is 21.3. The summed E-state index contributed by atoms with van der Waals surface area (Å²) < 4.78 is 27.2. The summed E-state index contributed by atoms with van der Waals surface area (Å²) in [7, 11) is 0. The third-order valence-electron chi connectivity index (χ3n) is 2.46. The summed E-state index contributed by atoms with van der Waals surface area (Å²) in [5.74, 6) is -3.77. The normalized spacial score (nSPS) is 11.2. The molecule has 104 valence electrons. The number of nitro benzene ring substituents is 1. The van der Waals surface area contributed by atoms with Gasteiger partial charge in [-0.1, -0.05) is 0 Å². The number of carbonyl (C=O) groups excluding carboxylic acids is 1. The van der Waals surface area contributed by atoms with Crippen molar-refractivity contribution in [2.24, 2.45) is 5.73 Å². The minimum absolute atomic E-state index is 0.0386. The zero-order valence-corrected chi connectivity index (χ0v) is 10.4. The third-order valence-corrected chi connectivity index (χ3v) is 2.46. The first-order valence-corrected chi connectivity index (χ1v) is 5.34. The molecule has 19 heavy (non-hydrogen) atoms. The first-order valence-electron chi connectivity index (χ1n) is 5.34. The average Bonchev–Trinajstić information content (AvgIpc) is 2.27. The molecule has 0 radical (unpaired) electrons. The van der Waals surface area contributed by atoms with Crippen LogP contribution >= 0.6 is 0 Å². The topological polar surface area (TPSA) is 98.3 Å². The highest BCUT2D eigenvalue weighted by Gasteiger charge is 2.29. The molecule has 3 N–H and O–H groups in total. The largest absolute Gasteiger partial charge is 0.346 e. The van der Waals surface area contributed by atoms with E-state index >= 15 is 0 Å². The Bertz CT molecular complexity index is 532. The number of benzene rings is 1. The molecule has 0 aromatic heterocycles. The predicted octanol–water partition coefficient (Wildman–Crippen LogP) is 1.34. The van der Waals surface area contributed by atoms with Crippen LogP contribution in [-0.4, -0.2) is 22.9 Å². The minimum atomic E-state index is -1.50. The van der Waals surface area contributed by atoms with Crippen LogP contribution < -0.4 is 11.1 Å². The van der Waals surface area contributed by atoms with E-state index in [4.69, 9.17) is 5.73 Å². The molecule has 1 aromatic carbocycles. The van der Waals surface area contributed by atoms with Gasteiger partial charge in [0.1, 0.15) is 11.4 Å². The number of hydrogen-bond donors (Lipinski definition) is 2. The van der Waals surface area contributed by atoms with Crippen LogP contribution in [0, 0.1) is 21.7 Å². The van der Waals surface area contributed by atoms with Crippen LogP contribution in [0.4, 0.5) is 14.5 Å². The summed E-state index contributed by atoms with van der Waals surface area (Å²) in [6.45, 7) is 3.15. The van der Waals surface area contributed by atoms with Crippen molar-refractivity contribution in [1.82, 2.24) is 5.32 Å². The second-order valence-electron chi connectivity index (χ2n) is 4.55. The molecule has 0 fully saturated rings. The first-order chi connectivity index (χ1) is 8.69.